The first-order valence-corrected chi connectivity index (χ1v) is 26.5. The molecule has 0 radical (unpaired) electrons. The van der Waals surface area contributed by atoms with E-state index in [4.69, 9.17) is 9.47 Å². The molecule has 0 spiro atoms. The van der Waals surface area contributed by atoms with E-state index in [1.54, 1.807) is 12.1 Å². The van der Waals surface area contributed by atoms with Crippen LogP contribution in [0, 0.1) is 62.1 Å². The van der Waals surface area contributed by atoms with Crippen LogP contribution in [0.2, 0.25) is 0 Å². The number of benzene rings is 1. The van der Waals surface area contributed by atoms with Gasteiger partial charge >= 0.3 is 5.97 Å². The van der Waals surface area contributed by atoms with Gasteiger partial charge in [-0.15, -0.1) is 0 Å². The van der Waals surface area contributed by atoms with E-state index in [1.807, 2.05) is 44.7 Å². The molecule has 1 aromatic carbocycles. The standard InChI is InChI=1S/C53H76N2O9S/c1-32(2)43-38(58)30-53(54-46(60)47(3,4)29-37(57)33-12-14-34(15-13-33)55-24-26-65(61,62)27-25-55)23-22-51(10)35(44(43)53)16-17-40-50(9)20-19-41(49(7,8)39(50)18-21-52(40,51)11)64-45(59)36-28-42(63-31-56)48(36,5)6/h12-15,31-32,35-36,39-42H,16-30H2,1-11H3,(H,54,60)/t35-,36-,39+,40-,41+,42-,50+,51-,52-,53-/m1/s1. The summed E-state index contributed by atoms with van der Waals surface area (Å²) in [6, 6.07) is 7.26. The van der Waals surface area contributed by atoms with Crippen LogP contribution in [0.25, 0.3) is 0 Å². The summed E-state index contributed by atoms with van der Waals surface area (Å²) in [5.74, 6) is 0.484. The van der Waals surface area contributed by atoms with Crippen LogP contribution in [0.1, 0.15) is 157 Å². The number of amides is 1. The summed E-state index contributed by atoms with van der Waals surface area (Å²) in [7, 11) is -3.01. The van der Waals surface area contributed by atoms with Crippen LogP contribution in [0.4, 0.5) is 5.69 Å². The highest BCUT2D eigenvalue weighted by molar-refractivity contribution is 7.91. The first-order chi connectivity index (χ1) is 30.2. The number of rotatable bonds is 11. The largest absolute Gasteiger partial charge is 0.464 e. The fourth-order valence-electron chi connectivity index (χ4n) is 15.5. The molecular formula is C53H76N2O9S. The van der Waals surface area contributed by atoms with Crippen molar-refractivity contribution >= 4 is 45.4 Å². The van der Waals surface area contributed by atoms with Crippen molar-refractivity contribution in [1.82, 2.24) is 5.32 Å². The highest BCUT2D eigenvalue weighted by atomic mass is 32.2. The lowest BCUT2D eigenvalue weighted by molar-refractivity contribution is -0.236. The SMILES string of the molecule is CC(C)C1=C2[C@H]3CC[C@@H]4[C@@]5(C)CC[C@H](OC(=O)[C@H]6C[C@@H](OC=O)C6(C)C)C(C)(C)[C@@H]5CC[C@@]4(C)[C@]3(C)CC[C@@]2(NC(=O)C(C)(C)CC(=O)c2ccc(N3CCS(=O)(=O)CC3)cc2)CC1=O. The molecule has 1 aliphatic heterocycles. The van der Waals surface area contributed by atoms with Gasteiger partial charge in [-0.05, 0) is 133 Å². The fourth-order valence-corrected chi connectivity index (χ4v) is 16.7. The van der Waals surface area contributed by atoms with Gasteiger partial charge in [-0.1, -0.05) is 76.2 Å². The van der Waals surface area contributed by atoms with Crippen molar-refractivity contribution < 1.29 is 41.9 Å². The van der Waals surface area contributed by atoms with Gasteiger partial charge in [0.05, 0.1) is 28.4 Å². The summed E-state index contributed by atoms with van der Waals surface area (Å²) in [6.45, 7) is 25.3. The van der Waals surface area contributed by atoms with E-state index in [0.717, 1.165) is 61.8 Å². The van der Waals surface area contributed by atoms with Gasteiger partial charge < -0.3 is 19.7 Å². The lowest BCUT2D eigenvalue weighted by atomic mass is 9.33. The summed E-state index contributed by atoms with van der Waals surface area (Å²) < 4.78 is 35.7. The summed E-state index contributed by atoms with van der Waals surface area (Å²) in [6.07, 6.45) is 7.69. The Morgan fingerprint density at radius 2 is 1.51 bits per heavy atom. The minimum Gasteiger partial charge on any atom is -0.464 e. The van der Waals surface area contributed by atoms with E-state index in [0.29, 0.717) is 49.8 Å². The van der Waals surface area contributed by atoms with Gasteiger partial charge in [-0.25, -0.2) is 8.42 Å². The van der Waals surface area contributed by atoms with Crippen LogP contribution in [-0.2, 0) is 38.5 Å². The van der Waals surface area contributed by atoms with Crippen molar-refractivity contribution in [3.8, 4) is 0 Å². The maximum absolute atomic E-state index is 14.6. The van der Waals surface area contributed by atoms with E-state index in [1.165, 1.54) is 0 Å². The first kappa shape index (κ1) is 47.9. The van der Waals surface area contributed by atoms with Crippen LogP contribution in [0.5, 0.6) is 0 Å². The molecule has 1 aromatic rings. The second kappa shape index (κ2) is 16.0. The molecule has 0 unspecified atom stereocenters. The Morgan fingerprint density at radius 1 is 0.846 bits per heavy atom. The third-order valence-electron chi connectivity index (χ3n) is 19.8. The molecule has 7 aliphatic rings. The number of esters is 1. The molecule has 8 rings (SSSR count). The lowest BCUT2D eigenvalue weighted by Gasteiger charge is -2.72. The number of carbonyl (C=O) groups excluding carboxylic acids is 5. The summed E-state index contributed by atoms with van der Waals surface area (Å²) in [5, 5.41) is 3.52. The third kappa shape index (κ3) is 7.55. The molecule has 5 saturated carbocycles. The monoisotopic (exact) mass is 917 g/mol. The van der Waals surface area contributed by atoms with E-state index in [2.05, 4.69) is 53.8 Å². The number of hydrogen-bond acceptors (Lipinski definition) is 10. The molecule has 6 aliphatic carbocycles. The van der Waals surface area contributed by atoms with Crippen molar-refractivity contribution in [1.29, 1.82) is 0 Å². The third-order valence-corrected chi connectivity index (χ3v) is 21.4. The van der Waals surface area contributed by atoms with E-state index < -0.39 is 26.2 Å². The Hall–Kier alpha value is -3.54. The zero-order valence-corrected chi connectivity index (χ0v) is 41.9. The molecule has 11 nitrogen and oxygen atoms in total. The topological polar surface area (TPSA) is 153 Å². The second-order valence-electron chi connectivity index (χ2n) is 24.5. The van der Waals surface area contributed by atoms with Crippen LogP contribution in [0.3, 0.4) is 0 Å². The van der Waals surface area contributed by atoms with Crippen molar-refractivity contribution in [2.24, 2.45) is 62.1 Å². The van der Waals surface area contributed by atoms with Crippen molar-refractivity contribution in [3.05, 3.63) is 41.0 Å². The summed E-state index contributed by atoms with van der Waals surface area (Å²) in [5.41, 5.74) is 0.812. The van der Waals surface area contributed by atoms with Gasteiger partial charge in [-0.2, -0.15) is 0 Å². The van der Waals surface area contributed by atoms with Crippen LogP contribution in [0.15, 0.2) is 35.4 Å². The number of carbonyl (C=O) groups is 5. The lowest BCUT2D eigenvalue weighted by Crippen LogP contribution is -2.67. The fraction of sp³-hybridized carbons (Fsp3) is 0.755. The number of allylic oxidation sites excluding steroid dienone is 1. The predicted molar refractivity (Wildman–Crippen MR) is 251 cm³/mol. The molecule has 358 valence electrons. The van der Waals surface area contributed by atoms with Crippen molar-refractivity contribution in [2.75, 3.05) is 29.5 Å². The van der Waals surface area contributed by atoms with Crippen LogP contribution in [-0.4, -0.2) is 80.7 Å². The maximum Gasteiger partial charge on any atom is 0.310 e. The molecule has 10 atom stereocenters. The molecule has 1 saturated heterocycles. The number of Topliss-reactive ketones (excluding diaryl/α,β-unsaturated/α-hetero) is 2. The summed E-state index contributed by atoms with van der Waals surface area (Å²) >= 11 is 0. The van der Waals surface area contributed by atoms with Gasteiger partial charge in [-0.3, -0.25) is 24.0 Å². The van der Waals surface area contributed by atoms with Crippen LogP contribution < -0.4 is 10.2 Å². The molecule has 12 heteroatoms. The minimum absolute atomic E-state index is 0.00664. The average Bonchev–Trinajstić information content (AvgIpc) is 3.52. The number of sulfone groups is 1. The second-order valence-corrected chi connectivity index (χ2v) is 26.8. The Bertz CT molecular complexity index is 2270. The number of anilines is 1. The number of ether oxygens (including phenoxy) is 2. The maximum atomic E-state index is 14.6. The number of hydrogen-bond donors (Lipinski definition) is 1. The zero-order valence-electron chi connectivity index (χ0n) is 41.1. The normalized spacial score (nSPS) is 38.0. The zero-order chi connectivity index (χ0) is 47.5. The van der Waals surface area contributed by atoms with Crippen molar-refractivity contribution in [3.63, 3.8) is 0 Å². The number of nitrogens with zero attached hydrogens (tertiary/aromatic N) is 1. The molecule has 1 heterocycles. The Kier molecular flexibility index (Phi) is 11.8. The minimum atomic E-state index is -3.01. The smallest absolute Gasteiger partial charge is 0.310 e. The number of fused-ring (bicyclic) bond motifs is 7. The van der Waals surface area contributed by atoms with Gasteiger partial charge in [0.1, 0.15) is 12.2 Å². The van der Waals surface area contributed by atoms with Gasteiger partial charge in [0.2, 0.25) is 5.91 Å². The van der Waals surface area contributed by atoms with E-state index in [9.17, 15) is 32.4 Å². The Balaban J connectivity index is 0.993. The molecule has 1 amide bonds. The van der Waals surface area contributed by atoms with Gasteiger partial charge in [0.15, 0.2) is 21.4 Å². The molecule has 1 N–H and O–H groups in total. The Morgan fingerprint density at radius 3 is 2.12 bits per heavy atom. The van der Waals surface area contributed by atoms with Crippen molar-refractivity contribution in [2.45, 2.75) is 165 Å². The molecular weight excluding hydrogens is 841 g/mol. The highest BCUT2D eigenvalue weighted by Gasteiger charge is 2.71. The highest BCUT2D eigenvalue weighted by Crippen LogP contribution is 2.76. The molecule has 0 aromatic heterocycles. The number of nitrogens with one attached hydrogen (secondary N) is 1. The molecule has 6 fully saturated rings. The van der Waals surface area contributed by atoms with Gasteiger partial charge in [0, 0.05) is 48.0 Å². The Labute approximate surface area is 388 Å². The van der Waals surface area contributed by atoms with Gasteiger partial charge in [0.25, 0.3) is 6.47 Å². The molecule has 0 bridgehead atoms. The first-order valence-electron chi connectivity index (χ1n) is 24.7. The van der Waals surface area contributed by atoms with Crippen LogP contribution >= 0.6 is 0 Å². The van der Waals surface area contributed by atoms with E-state index >= 15 is 0 Å². The average molecular weight is 917 g/mol. The van der Waals surface area contributed by atoms with E-state index in [-0.39, 0.29) is 99.4 Å². The molecule has 65 heavy (non-hydrogen) atoms. The number of ketones is 2. The quantitative estimate of drug-likeness (QED) is 0.129. The predicted octanol–water partition coefficient (Wildman–Crippen LogP) is 8.87. The summed E-state index contributed by atoms with van der Waals surface area (Å²) in [4.78, 5) is 69.6.